The fraction of sp³-hybridized carbons (Fsp3) is 0.469. The van der Waals surface area contributed by atoms with Gasteiger partial charge in [-0.05, 0) is 75.4 Å². The second-order valence-electron chi connectivity index (χ2n) is 12.2. The van der Waals surface area contributed by atoms with Crippen LogP contribution in [0.15, 0.2) is 29.9 Å². The summed E-state index contributed by atoms with van der Waals surface area (Å²) in [6.07, 6.45) is -3.18. The SMILES string of the molecule is C/C=C(/C)c1cc(-c2nc(N)cc(C)c2C(F)(F)F)c(F)c2nc(OCC34CCCN3CC(=C(F)F)C4)nc(N3CCNCC3)c12. The molecule has 3 aliphatic heterocycles. The highest BCUT2D eigenvalue weighted by molar-refractivity contribution is 6.02. The van der Waals surface area contributed by atoms with Crippen molar-refractivity contribution in [1.82, 2.24) is 25.2 Å². The molecule has 3 N–H and O–H groups in total. The van der Waals surface area contributed by atoms with Gasteiger partial charge in [0.05, 0.1) is 22.2 Å². The first-order chi connectivity index (χ1) is 21.8. The molecule has 3 saturated heterocycles. The largest absolute Gasteiger partial charge is 0.461 e. The number of hydrogen-bond donors (Lipinski definition) is 2. The zero-order valence-electron chi connectivity index (χ0n) is 25.8. The molecule has 3 aromatic rings. The summed E-state index contributed by atoms with van der Waals surface area (Å²) >= 11 is 0. The van der Waals surface area contributed by atoms with E-state index in [0.717, 1.165) is 12.5 Å². The van der Waals surface area contributed by atoms with E-state index in [4.69, 9.17) is 15.5 Å². The highest BCUT2D eigenvalue weighted by atomic mass is 19.4. The quantitative estimate of drug-likeness (QED) is 0.300. The Balaban J connectivity index is 1.57. The first-order valence-corrected chi connectivity index (χ1v) is 15.2. The predicted octanol–water partition coefficient (Wildman–Crippen LogP) is 6.34. The van der Waals surface area contributed by atoms with Crippen molar-refractivity contribution in [2.24, 2.45) is 0 Å². The van der Waals surface area contributed by atoms with E-state index in [9.17, 15) is 22.0 Å². The maximum atomic E-state index is 16.8. The van der Waals surface area contributed by atoms with Crippen LogP contribution in [-0.2, 0) is 6.18 Å². The van der Waals surface area contributed by atoms with E-state index in [1.165, 1.54) is 13.0 Å². The Bertz CT molecular complexity index is 1750. The van der Waals surface area contributed by atoms with Gasteiger partial charge in [-0.3, -0.25) is 4.90 Å². The Morgan fingerprint density at radius 2 is 1.87 bits per heavy atom. The number of ether oxygens (including phenoxy) is 1. The normalized spacial score (nSPS) is 20.9. The van der Waals surface area contributed by atoms with Gasteiger partial charge in [-0.25, -0.2) is 9.37 Å². The van der Waals surface area contributed by atoms with Crippen LogP contribution in [0, 0.1) is 12.7 Å². The van der Waals surface area contributed by atoms with Crippen LogP contribution in [0.1, 0.15) is 49.8 Å². The van der Waals surface area contributed by atoms with Gasteiger partial charge in [0.1, 0.15) is 23.8 Å². The molecule has 5 heterocycles. The van der Waals surface area contributed by atoms with Crippen LogP contribution >= 0.6 is 0 Å². The van der Waals surface area contributed by atoms with Crippen molar-refractivity contribution in [2.45, 2.75) is 51.7 Å². The van der Waals surface area contributed by atoms with Crippen LogP contribution in [0.5, 0.6) is 6.01 Å². The van der Waals surface area contributed by atoms with Gasteiger partial charge in [-0.1, -0.05) is 6.08 Å². The minimum atomic E-state index is -4.84. The van der Waals surface area contributed by atoms with Gasteiger partial charge in [-0.15, -0.1) is 0 Å². The Morgan fingerprint density at radius 1 is 1.13 bits per heavy atom. The van der Waals surface area contributed by atoms with Gasteiger partial charge in [0.25, 0.3) is 6.08 Å². The minimum absolute atomic E-state index is 0.00741. The average molecular weight is 648 g/mol. The number of nitrogen functional groups attached to an aromatic ring is 1. The lowest BCUT2D eigenvalue weighted by molar-refractivity contribution is -0.137. The molecule has 1 atom stereocenters. The average Bonchev–Trinajstić information content (AvgIpc) is 3.57. The molecule has 3 fully saturated rings. The smallest absolute Gasteiger partial charge is 0.418 e. The van der Waals surface area contributed by atoms with Gasteiger partial charge in [-0.2, -0.15) is 31.9 Å². The lowest BCUT2D eigenvalue weighted by Gasteiger charge is -2.32. The molecule has 46 heavy (non-hydrogen) atoms. The molecule has 0 saturated carbocycles. The number of benzene rings is 1. The molecular formula is C32H35F6N7O. The van der Waals surface area contributed by atoms with Gasteiger partial charge in [0.2, 0.25) is 0 Å². The van der Waals surface area contributed by atoms with E-state index in [-0.39, 0.29) is 48.1 Å². The van der Waals surface area contributed by atoms with Crippen LogP contribution < -0.4 is 20.7 Å². The Labute approximate surface area is 262 Å². The molecule has 6 rings (SSSR count). The third kappa shape index (κ3) is 5.65. The molecule has 8 nitrogen and oxygen atoms in total. The number of alkyl halides is 3. The molecule has 2 aromatic heterocycles. The summed E-state index contributed by atoms with van der Waals surface area (Å²) in [5.41, 5.74) is 3.81. The van der Waals surface area contributed by atoms with Crippen LogP contribution in [0.4, 0.5) is 38.0 Å². The highest BCUT2D eigenvalue weighted by Crippen LogP contribution is 2.45. The third-order valence-electron chi connectivity index (χ3n) is 9.32. The van der Waals surface area contributed by atoms with E-state index < -0.39 is 40.4 Å². The summed E-state index contributed by atoms with van der Waals surface area (Å²) in [4.78, 5) is 17.1. The molecule has 246 valence electrons. The van der Waals surface area contributed by atoms with E-state index >= 15 is 4.39 Å². The lowest BCUT2D eigenvalue weighted by Crippen LogP contribution is -2.44. The molecule has 1 aromatic carbocycles. The van der Waals surface area contributed by atoms with Crippen LogP contribution in [0.3, 0.4) is 0 Å². The number of aromatic nitrogens is 3. The summed E-state index contributed by atoms with van der Waals surface area (Å²) in [5, 5.41) is 3.59. The predicted molar refractivity (Wildman–Crippen MR) is 164 cm³/mol. The molecule has 1 unspecified atom stereocenters. The second kappa shape index (κ2) is 12.0. The Hall–Kier alpha value is -3.91. The molecule has 14 heteroatoms. The zero-order valence-corrected chi connectivity index (χ0v) is 25.8. The first kappa shape index (κ1) is 32.0. The highest BCUT2D eigenvalue weighted by Gasteiger charge is 2.48. The Kier molecular flexibility index (Phi) is 8.38. The molecule has 0 aliphatic carbocycles. The van der Waals surface area contributed by atoms with Gasteiger partial charge < -0.3 is 20.7 Å². The number of nitrogens with zero attached hydrogens (tertiary/aromatic N) is 5. The monoisotopic (exact) mass is 647 g/mol. The summed E-state index contributed by atoms with van der Waals surface area (Å²) < 4.78 is 93.2. The fourth-order valence-corrected chi connectivity index (χ4v) is 6.97. The molecule has 0 bridgehead atoms. The minimum Gasteiger partial charge on any atom is -0.461 e. The second-order valence-corrected chi connectivity index (χ2v) is 12.2. The number of allylic oxidation sites excluding steroid dienone is 2. The van der Waals surface area contributed by atoms with E-state index in [1.54, 1.807) is 19.9 Å². The molecular weight excluding hydrogens is 612 g/mol. The fourth-order valence-electron chi connectivity index (χ4n) is 6.97. The van der Waals surface area contributed by atoms with Crippen molar-refractivity contribution in [3.8, 4) is 17.3 Å². The number of anilines is 2. The number of piperazine rings is 1. The number of fused-ring (bicyclic) bond motifs is 2. The van der Waals surface area contributed by atoms with Gasteiger partial charge in [0, 0.05) is 43.9 Å². The van der Waals surface area contributed by atoms with Crippen molar-refractivity contribution in [3.63, 3.8) is 0 Å². The van der Waals surface area contributed by atoms with Crippen molar-refractivity contribution in [2.75, 3.05) is 56.5 Å². The van der Waals surface area contributed by atoms with Crippen LogP contribution in [0.25, 0.3) is 27.7 Å². The summed E-state index contributed by atoms with van der Waals surface area (Å²) in [6, 6.07) is 2.27. The van der Waals surface area contributed by atoms with Crippen molar-refractivity contribution in [3.05, 3.63) is 52.4 Å². The maximum absolute atomic E-state index is 16.8. The zero-order chi connectivity index (χ0) is 33.0. The van der Waals surface area contributed by atoms with E-state index in [1.807, 2.05) is 9.80 Å². The summed E-state index contributed by atoms with van der Waals surface area (Å²) in [6.45, 7) is 7.89. The van der Waals surface area contributed by atoms with Crippen molar-refractivity contribution in [1.29, 1.82) is 0 Å². The maximum Gasteiger partial charge on any atom is 0.418 e. The number of halogens is 6. The number of hydrogen-bond acceptors (Lipinski definition) is 8. The Morgan fingerprint density at radius 3 is 2.54 bits per heavy atom. The molecule has 0 amide bonds. The van der Waals surface area contributed by atoms with Crippen LogP contribution in [-0.4, -0.2) is 71.3 Å². The molecule has 0 radical (unpaired) electrons. The van der Waals surface area contributed by atoms with E-state index in [0.29, 0.717) is 61.5 Å². The molecule has 3 aliphatic rings. The van der Waals surface area contributed by atoms with E-state index in [2.05, 4.69) is 15.3 Å². The van der Waals surface area contributed by atoms with Crippen molar-refractivity contribution < 1.29 is 31.1 Å². The van der Waals surface area contributed by atoms with Crippen molar-refractivity contribution >= 4 is 28.1 Å². The van der Waals surface area contributed by atoms with Gasteiger partial charge >= 0.3 is 12.2 Å². The van der Waals surface area contributed by atoms with Gasteiger partial charge in [0.15, 0.2) is 5.82 Å². The molecule has 0 spiro atoms. The number of nitrogens with one attached hydrogen (secondary N) is 1. The number of pyridine rings is 1. The first-order valence-electron chi connectivity index (χ1n) is 15.2. The van der Waals surface area contributed by atoms with Crippen LogP contribution in [0.2, 0.25) is 0 Å². The summed E-state index contributed by atoms with van der Waals surface area (Å²) in [7, 11) is 0. The lowest BCUT2D eigenvalue weighted by atomic mass is 9.93. The standard InChI is InChI=1S/C32H35F6N7O/c1-4-17(2)20-13-21(26-24(32(36,37)38)18(3)12-22(39)41-26)25(33)27-23(20)29(44-10-7-40-8-11-44)43-30(42-27)46-16-31-6-5-9-45(31)15-19(14-31)28(34)35/h4,12-13,40H,5-11,14-16H2,1-3H3,(H2,39,41)/b17-4-. The third-order valence-corrected chi connectivity index (χ3v) is 9.32. The topological polar surface area (TPSA) is 92.4 Å². The summed E-state index contributed by atoms with van der Waals surface area (Å²) in [5.74, 6) is -0.841. The number of rotatable bonds is 6. The number of aryl methyl sites for hydroxylation is 1. The number of nitrogens with two attached hydrogens (primary N) is 1.